The summed E-state index contributed by atoms with van der Waals surface area (Å²) in [5.74, 6) is 0. The highest BCUT2D eigenvalue weighted by molar-refractivity contribution is 5.07. The maximum Gasteiger partial charge on any atom is 0.159 e. The Bertz CT molecular complexity index is 334. The van der Waals surface area contributed by atoms with Gasteiger partial charge in [-0.15, -0.1) is 0 Å². The first-order chi connectivity index (χ1) is 8.35. The Balaban J connectivity index is 2.02. The van der Waals surface area contributed by atoms with Crippen molar-refractivity contribution >= 4 is 0 Å². The Morgan fingerprint density at radius 1 is 1.53 bits per heavy atom. The van der Waals surface area contributed by atoms with Crippen molar-refractivity contribution in [3.05, 3.63) is 18.0 Å². The molecule has 1 aliphatic rings. The van der Waals surface area contributed by atoms with Crippen molar-refractivity contribution in [1.82, 2.24) is 15.1 Å². The molecule has 2 heterocycles. The van der Waals surface area contributed by atoms with Gasteiger partial charge in [0.25, 0.3) is 0 Å². The highest BCUT2D eigenvalue weighted by Crippen LogP contribution is 2.22. The average Bonchev–Trinajstić information content (AvgIpc) is 2.97. The van der Waals surface area contributed by atoms with Gasteiger partial charge in [0.2, 0.25) is 0 Å². The van der Waals surface area contributed by atoms with Crippen LogP contribution in [0.4, 0.5) is 0 Å². The topological polar surface area (TPSA) is 48.3 Å². The lowest BCUT2D eigenvalue weighted by atomic mass is 10.1. The third-order valence-corrected chi connectivity index (χ3v) is 3.01. The number of aromatic nitrogens is 2. The lowest BCUT2D eigenvalue weighted by molar-refractivity contribution is -0.0530. The third kappa shape index (κ3) is 3.06. The summed E-state index contributed by atoms with van der Waals surface area (Å²) in [5.41, 5.74) is 1.20. The summed E-state index contributed by atoms with van der Waals surface area (Å²) >= 11 is 0. The van der Waals surface area contributed by atoms with E-state index < -0.39 is 0 Å². The van der Waals surface area contributed by atoms with Crippen LogP contribution in [0.5, 0.6) is 0 Å². The Morgan fingerprint density at radius 3 is 2.94 bits per heavy atom. The highest BCUT2D eigenvalue weighted by atomic mass is 16.7. The first-order valence-electron chi connectivity index (χ1n) is 6.27. The van der Waals surface area contributed by atoms with Crippen LogP contribution in [0, 0.1) is 0 Å². The molecule has 2 rings (SSSR count). The fourth-order valence-electron chi connectivity index (χ4n) is 2.16. The molecule has 1 saturated heterocycles. The van der Waals surface area contributed by atoms with Crippen molar-refractivity contribution < 1.29 is 9.47 Å². The second kappa shape index (κ2) is 6.14. The largest absolute Gasteiger partial charge is 0.350 e. The Morgan fingerprint density at radius 2 is 2.29 bits per heavy atom. The van der Waals surface area contributed by atoms with E-state index in [-0.39, 0.29) is 12.3 Å². The molecule has 96 valence electrons. The molecule has 1 N–H and O–H groups in total. The van der Waals surface area contributed by atoms with Crippen molar-refractivity contribution in [2.75, 3.05) is 20.3 Å². The van der Waals surface area contributed by atoms with Crippen LogP contribution in [-0.4, -0.2) is 36.3 Å². The van der Waals surface area contributed by atoms with Crippen molar-refractivity contribution in [1.29, 1.82) is 0 Å². The molecule has 5 nitrogen and oxygen atoms in total. The monoisotopic (exact) mass is 239 g/mol. The predicted octanol–water partition coefficient (Wildman–Crippen LogP) is 1.32. The van der Waals surface area contributed by atoms with Crippen LogP contribution in [-0.2, 0) is 16.0 Å². The van der Waals surface area contributed by atoms with Gasteiger partial charge in [0, 0.05) is 19.2 Å². The molecule has 0 spiro atoms. The van der Waals surface area contributed by atoms with Crippen LogP contribution in [0.15, 0.2) is 12.3 Å². The first-order valence-corrected chi connectivity index (χ1v) is 6.27. The van der Waals surface area contributed by atoms with E-state index in [2.05, 4.69) is 28.1 Å². The molecule has 17 heavy (non-hydrogen) atoms. The Hall–Kier alpha value is -0.910. The minimum Gasteiger partial charge on any atom is -0.350 e. The van der Waals surface area contributed by atoms with Gasteiger partial charge in [-0.05, 0) is 19.5 Å². The summed E-state index contributed by atoms with van der Waals surface area (Å²) in [6.45, 7) is 4.51. The van der Waals surface area contributed by atoms with E-state index in [0.717, 1.165) is 19.4 Å². The van der Waals surface area contributed by atoms with Gasteiger partial charge >= 0.3 is 0 Å². The molecule has 0 saturated carbocycles. The summed E-state index contributed by atoms with van der Waals surface area (Å²) in [5, 5.41) is 7.65. The van der Waals surface area contributed by atoms with Crippen LogP contribution < -0.4 is 5.32 Å². The molecule has 0 aliphatic carbocycles. The van der Waals surface area contributed by atoms with E-state index in [1.165, 1.54) is 5.69 Å². The van der Waals surface area contributed by atoms with Crippen LogP contribution in [0.25, 0.3) is 0 Å². The standard InChI is InChI=1S/C12H21N3O2/c1-3-6-15-11(4-5-14-15)10(13-2)9-12-16-7-8-17-12/h4-5,10,12-13H,3,6-9H2,1-2H3. The summed E-state index contributed by atoms with van der Waals surface area (Å²) in [6.07, 6.45) is 3.68. The van der Waals surface area contributed by atoms with Gasteiger partial charge in [-0.1, -0.05) is 6.92 Å². The molecule has 0 amide bonds. The summed E-state index contributed by atoms with van der Waals surface area (Å²) in [6, 6.07) is 2.29. The van der Waals surface area contributed by atoms with Gasteiger partial charge < -0.3 is 14.8 Å². The lowest BCUT2D eigenvalue weighted by Gasteiger charge is -2.20. The van der Waals surface area contributed by atoms with E-state index in [4.69, 9.17) is 9.47 Å². The highest BCUT2D eigenvalue weighted by Gasteiger charge is 2.23. The minimum atomic E-state index is -0.0857. The average molecular weight is 239 g/mol. The zero-order valence-corrected chi connectivity index (χ0v) is 10.6. The van der Waals surface area contributed by atoms with E-state index in [1.807, 2.05) is 13.2 Å². The fourth-order valence-corrected chi connectivity index (χ4v) is 2.16. The van der Waals surface area contributed by atoms with Crippen LogP contribution in [0.1, 0.15) is 31.5 Å². The van der Waals surface area contributed by atoms with Crippen LogP contribution in [0.2, 0.25) is 0 Å². The molecule has 1 unspecified atom stereocenters. The first kappa shape index (κ1) is 12.5. The minimum absolute atomic E-state index is 0.0857. The van der Waals surface area contributed by atoms with E-state index in [9.17, 15) is 0 Å². The zero-order chi connectivity index (χ0) is 12.1. The van der Waals surface area contributed by atoms with Crippen molar-refractivity contribution in [3.63, 3.8) is 0 Å². The third-order valence-electron chi connectivity index (χ3n) is 3.01. The maximum atomic E-state index is 5.49. The quantitative estimate of drug-likeness (QED) is 0.813. The number of ether oxygens (including phenoxy) is 2. The van der Waals surface area contributed by atoms with Crippen LogP contribution >= 0.6 is 0 Å². The number of nitrogens with zero attached hydrogens (tertiary/aromatic N) is 2. The Kier molecular flexibility index (Phi) is 4.53. The second-order valence-corrected chi connectivity index (χ2v) is 4.23. The molecular weight excluding hydrogens is 218 g/mol. The van der Waals surface area contributed by atoms with Gasteiger partial charge in [0.15, 0.2) is 6.29 Å². The normalized spacial score (nSPS) is 18.7. The summed E-state index contributed by atoms with van der Waals surface area (Å²) in [4.78, 5) is 0. The van der Waals surface area contributed by atoms with Crippen LogP contribution in [0.3, 0.4) is 0 Å². The van der Waals surface area contributed by atoms with Gasteiger partial charge in [0.1, 0.15) is 0 Å². The van der Waals surface area contributed by atoms with Crippen molar-refractivity contribution in [2.24, 2.45) is 0 Å². The molecule has 0 bridgehead atoms. The molecular formula is C12H21N3O2. The fraction of sp³-hybridized carbons (Fsp3) is 0.750. The molecule has 1 aliphatic heterocycles. The molecule has 1 atom stereocenters. The smallest absolute Gasteiger partial charge is 0.159 e. The molecule has 1 aromatic heterocycles. The lowest BCUT2D eigenvalue weighted by Crippen LogP contribution is -2.25. The van der Waals surface area contributed by atoms with Gasteiger partial charge in [-0.25, -0.2) is 0 Å². The number of hydrogen-bond donors (Lipinski definition) is 1. The Labute approximate surface area is 102 Å². The van der Waals surface area contributed by atoms with Crippen molar-refractivity contribution in [3.8, 4) is 0 Å². The molecule has 0 radical (unpaired) electrons. The molecule has 1 aromatic rings. The summed E-state index contributed by atoms with van der Waals surface area (Å²) < 4.78 is 13.0. The van der Waals surface area contributed by atoms with Crippen molar-refractivity contribution in [2.45, 2.75) is 38.6 Å². The number of nitrogens with one attached hydrogen (secondary N) is 1. The SMILES string of the molecule is CCCn1nccc1C(CC1OCCO1)NC. The van der Waals surface area contributed by atoms with E-state index >= 15 is 0 Å². The maximum absolute atomic E-state index is 5.49. The summed E-state index contributed by atoms with van der Waals surface area (Å²) in [7, 11) is 1.96. The number of hydrogen-bond acceptors (Lipinski definition) is 4. The number of aryl methyl sites for hydroxylation is 1. The van der Waals surface area contributed by atoms with Gasteiger partial charge in [0.05, 0.1) is 24.9 Å². The molecule has 0 aromatic carbocycles. The molecule has 1 fully saturated rings. The number of rotatable bonds is 6. The van der Waals surface area contributed by atoms with Gasteiger partial charge in [-0.2, -0.15) is 5.10 Å². The van der Waals surface area contributed by atoms with E-state index in [1.54, 1.807) is 0 Å². The van der Waals surface area contributed by atoms with Gasteiger partial charge in [-0.3, -0.25) is 4.68 Å². The van der Waals surface area contributed by atoms with E-state index in [0.29, 0.717) is 13.2 Å². The second-order valence-electron chi connectivity index (χ2n) is 4.23. The zero-order valence-electron chi connectivity index (χ0n) is 10.6. The molecule has 5 heteroatoms. The predicted molar refractivity (Wildman–Crippen MR) is 64.6 cm³/mol.